The molecule has 0 aromatic carbocycles. The van der Waals surface area contributed by atoms with Crippen molar-refractivity contribution in [2.45, 2.75) is 0 Å². The summed E-state index contributed by atoms with van der Waals surface area (Å²) in [5, 5.41) is 22.1. The van der Waals surface area contributed by atoms with Crippen molar-refractivity contribution >= 4 is 22.5 Å². The first-order chi connectivity index (χ1) is 10.4. The Morgan fingerprint density at radius 3 is 1.55 bits per heavy atom. The van der Waals surface area contributed by atoms with Crippen LogP contribution in [0.3, 0.4) is 0 Å². The predicted octanol–water partition coefficient (Wildman–Crippen LogP) is 3.02. The third-order valence-corrected chi connectivity index (χ3v) is 2.90. The molecule has 0 fully saturated rings. The van der Waals surface area contributed by atoms with Gasteiger partial charge in [0.15, 0.2) is 0 Å². The Hall–Kier alpha value is -3.42. The Labute approximate surface area is 124 Å². The predicted molar refractivity (Wildman–Crippen MR) is 79.9 cm³/mol. The minimum atomic E-state index is -0.604. The summed E-state index contributed by atoms with van der Waals surface area (Å²) in [6.07, 6.45) is 2.74. The number of aromatic nitrogens is 2. The topological polar surface area (TPSA) is 112 Å². The minimum absolute atomic E-state index is 0.00236. The van der Waals surface area contributed by atoms with E-state index in [9.17, 15) is 20.2 Å². The van der Waals surface area contributed by atoms with Gasteiger partial charge in [-0.2, -0.15) is 0 Å². The van der Waals surface area contributed by atoms with Crippen LogP contribution in [0.1, 0.15) is 11.4 Å². The van der Waals surface area contributed by atoms with E-state index in [2.05, 4.69) is 23.1 Å². The van der Waals surface area contributed by atoms with Gasteiger partial charge in [0.1, 0.15) is 11.4 Å². The van der Waals surface area contributed by atoms with Crippen LogP contribution in [0, 0.1) is 20.2 Å². The number of nitrogens with zero attached hydrogens (tertiary/aromatic N) is 4. The Kier molecular flexibility index (Phi) is 4.03. The van der Waals surface area contributed by atoms with Crippen LogP contribution < -0.4 is 0 Å². The first-order valence-corrected chi connectivity index (χ1v) is 6.01. The number of allylic oxidation sites excluding steroid dienone is 2. The van der Waals surface area contributed by atoms with Gasteiger partial charge in [-0.05, 0) is 12.1 Å². The molecule has 0 atom stereocenters. The highest BCUT2D eigenvalue weighted by Gasteiger charge is 2.24. The van der Waals surface area contributed by atoms with Crippen molar-refractivity contribution in [3.63, 3.8) is 0 Å². The van der Waals surface area contributed by atoms with E-state index in [0.717, 1.165) is 0 Å². The van der Waals surface area contributed by atoms with E-state index in [-0.39, 0.29) is 33.9 Å². The lowest BCUT2D eigenvalue weighted by atomic mass is 10.00. The molecule has 0 saturated carbocycles. The highest BCUT2D eigenvalue weighted by molar-refractivity contribution is 6.04. The van der Waals surface area contributed by atoms with E-state index >= 15 is 0 Å². The van der Waals surface area contributed by atoms with Crippen LogP contribution in [-0.4, -0.2) is 19.8 Å². The first-order valence-electron chi connectivity index (χ1n) is 6.01. The van der Waals surface area contributed by atoms with Gasteiger partial charge in [0.05, 0.1) is 9.85 Å². The molecular formula is C14H10N4O4. The van der Waals surface area contributed by atoms with Crippen LogP contribution >= 0.6 is 0 Å². The third-order valence-electron chi connectivity index (χ3n) is 2.90. The van der Waals surface area contributed by atoms with Gasteiger partial charge in [-0.25, -0.2) is 9.97 Å². The smallest absolute Gasteiger partial charge is 0.258 e. The molecule has 110 valence electrons. The Morgan fingerprint density at radius 2 is 1.23 bits per heavy atom. The maximum absolute atomic E-state index is 11.0. The van der Waals surface area contributed by atoms with Crippen LogP contribution in [0.4, 0.5) is 11.4 Å². The average Bonchev–Trinajstić information content (AvgIpc) is 2.53. The van der Waals surface area contributed by atoms with E-state index in [1.165, 1.54) is 36.7 Å². The summed E-state index contributed by atoms with van der Waals surface area (Å²) in [7, 11) is 0. The molecule has 0 bridgehead atoms. The van der Waals surface area contributed by atoms with Gasteiger partial charge in [0.2, 0.25) is 0 Å². The van der Waals surface area contributed by atoms with Crippen LogP contribution in [0.5, 0.6) is 0 Å². The second-order valence-corrected chi connectivity index (χ2v) is 4.21. The maximum atomic E-state index is 11.0. The van der Waals surface area contributed by atoms with Gasteiger partial charge in [-0.3, -0.25) is 20.2 Å². The van der Waals surface area contributed by atoms with Crippen LogP contribution in [-0.2, 0) is 0 Å². The summed E-state index contributed by atoms with van der Waals surface area (Å²) < 4.78 is 0. The van der Waals surface area contributed by atoms with Crippen LogP contribution in [0.2, 0.25) is 0 Å². The molecule has 22 heavy (non-hydrogen) atoms. The highest BCUT2D eigenvalue weighted by Crippen LogP contribution is 2.34. The number of hydrogen-bond donors (Lipinski definition) is 0. The van der Waals surface area contributed by atoms with Crippen molar-refractivity contribution in [2.75, 3.05) is 0 Å². The summed E-state index contributed by atoms with van der Waals surface area (Å²) in [6.45, 7) is 7.43. The zero-order valence-electron chi connectivity index (χ0n) is 11.3. The largest absolute Gasteiger partial charge is 0.295 e. The fourth-order valence-electron chi connectivity index (χ4n) is 1.84. The van der Waals surface area contributed by atoms with Gasteiger partial charge in [0.25, 0.3) is 11.4 Å². The second-order valence-electron chi connectivity index (χ2n) is 4.21. The summed E-state index contributed by atoms with van der Waals surface area (Å²) in [6, 6.07) is 5.38. The van der Waals surface area contributed by atoms with E-state index in [1.807, 2.05) is 0 Å². The van der Waals surface area contributed by atoms with Gasteiger partial charge < -0.3 is 0 Å². The normalized spacial score (nSPS) is 10.0. The van der Waals surface area contributed by atoms with E-state index in [0.29, 0.717) is 0 Å². The Balaban J connectivity index is 2.50. The van der Waals surface area contributed by atoms with Crippen molar-refractivity contribution in [1.29, 1.82) is 0 Å². The standard InChI is InChI=1S/C14H10N4O4/c1-9(13-11(17(19)20)5-3-7-15-13)10(2)14-12(18(21)22)6-4-8-16-14/h3-8H,1-2H2. The molecule has 0 saturated heterocycles. The summed E-state index contributed by atoms with van der Waals surface area (Å²) in [5.41, 5.74) is -0.308. The molecule has 0 N–H and O–H groups in total. The fraction of sp³-hybridized carbons (Fsp3) is 0. The SMILES string of the molecule is C=C(C(=C)c1ncccc1[N+](=O)[O-])c1ncccc1[N+](=O)[O-]. The Morgan fingerprint density at radius 1 is 0.864 bits per heavy atom. The zero-order chi connectivity index (χ0) is 16.3. The molecule has 0 aliphatic carbocycles. The molecule has 0 aliphatic rings. The maximum Gasteiger partial charge on any atom is 0.295 e. The van der Waals surface area contributed by atoms with Gasteiger partial charge in [0, 0.05) is 35.7 Å². The van der Waals surface area contributed by atoms with E-state index < -0.39 is 9.85 Å². The molecule has 8 heteroatoms. The highest BCUT2D eigenvalue weighted by atomic mass is 16.6. The van der Waals surface area contributed by atoms with Gasteiger partial charge in [-0.1, -0.05) is 13.2 Å². The molecule has 2 heterocycles. The molecule has 0 aliphatic heterocycles. The number of pyridine rings is 2. The van der Waals surface area contributed by atoms with Crippen molar-refractivity contribution < 1.29 is 9.85 Å². The minimum Gasteiger partial charge on any atom is -0.258 e. The number of nitro groups is 2. The fourth-order valence-corrected chi connectivity index (χ4v) is 1.84. The van der Waals surface area contributed by atoms with Crippen molar-refractivity contribution in [2.24, 2.45) is 0 Å². The van der Waals surface area contributed by atoms with Crippen LogP contribution in [0.25, 0.3) is 11.1 Å². The first kappa shape index (κ1) is 15.0. The quantitative estimate of drug-likeness (QED) is 0.476. The van der Waals surface area contributed by atoms with Crippen molar-refractivity contribution in [3.05, 3.63) is 81.4 Å². The second kappa shape index (κ2) is 5.92. The monoisotopic (exact) mass is 298 g/mol. The van der Waals surface area contributed by atoms with E-state index in [1.54, 1.807) is 0 Å². The molecule has 0 amide bonds. The molecule has 0 spiro atoms. The van der Waals surface area contributed by atoms with Gasteiger partial charge in [-0.15, -0.1) is 0 Å². The summed E-state index contributed by atoms with van der Waals surface area (Å²) in [5.74, 6) is 0. The zero-order valence-corrected chi connectivity index (χ0v) is 11.3. The molecule has 2 aromatic rings. The molecule has 0 unspecified atom stereocenters. The lowest BCUT2D eigenvalue weighted by molar-refractivity contribution is -0.385. The van der Waals surface area contributed by atoms with Gasteiger partial charge >= 0.3 is 0 Å². The summed E-state index contributed by atoms with van der Waals surface area (Å²) in [4.78, 5) is 28.7. The lowest BCUT2D eigenvalue weighted by Gasteiger charge is -2.08. The summed E-state index contributed by atoms with van der Waals surface area (Å²) >= 11 is 0. The molecular weight excluding hydrogens is 288 g/mol. The van der Waals surface area contributed by atoms with Crippen LogP contribution in [0.15, 0.2) is 49.8 Å². The number of hydrogen-bond acceptors (Lipinski definition) is 6. The molecule has 0 radical (unpaired) electrons. The third kappa shape index (κ3) is 2.70. The molecule has 2 rings (SSSR count). The van der Waals surface area contributed by atoms with Crippen molar-refractivity contribution in [3.8, 4) is 0 Å². The number of rotatable bonds is 5. The molecule has 8 nitrogen and oxygen atoms in total. The van der Waals surface area contributed by atoms with Crippen molar-refractivity contribution in [1.82, 2.24) is 9.97 Å². The molecule has 2 aromatic heterocycles. The lowest BCUT2D eigenvalue weighted by Crippen LogP contribution is -2.01. The average molecular weight is 298 g/mol. The Bertz CT molecular complexity index is 733. The van der Waals surface area contributed by atoms with E-state index in [4.69, 9.17) is 0 Å².